The van der Waals surface area contributed by atoms with E-state index < -0.39 is 0 Å². The third-order valence-electron chi connectivity index (χ3n) is 4.54. The summed E-state index contributed by atoms with van der Waals surface area (Å²) in [6.45, 7) is 4.68. The van der Waals surface area contributed by atoms with E-state index in [-0.39, 0.29) is 0 Å². The molecule has 1 fully saturated rings. The van der Waals surface area contributed by atoms with Crippen LogP contribution >= 0.6 is 0 Å². The van der Waals surface area contributed by atoms with Gasteiger partial charge in [0.15, 0.2) is 0 Å². The SMILES string of the molecule is CC(C)C1=CCC(C2CCCCC2)CC1. The van der Waals surface area contributed by atoms with Crippen LogP contribution in [0.1, 0.15) is 65.2 Å². The average Bonchev–Trinajstić information content (AvgIpc) is 2.30. The molecule has 1 saturated carbocycles. The highest BCUT2D eigenvalue weighted by Gasteiger charge is 2.25. The zero-order valence-corrected chi connectivity index (χ0v) is 10.5. The van der Waals surface area contributed by atoms with Crippen LogP contribution in [0, 0.1) is 17.8 Å². The van der Waals surface area contributed by atoms with Crippen LogP contribution in [0.4, 0.5) is 0 Å². The summed E-state index contributed by atoms with van der Waals surface area (Å²) >= 11 is 0. The lowest BCUT2D eigenvalue weighted by molar-refractivity contribution is 0.229. The molecule has 0 aromatic carbocycles. The Hall–Kier alpha value is -0.260. The van der Waals surface area contributed by atoms with Crippen molar-refractivity contribution < 1.29 is 0 Å². The van der Waals surface area contributed by atoms with E-state index in [9.17, 15) is 0 Å². The first-order chi connectivity index (χ1) is 7.27. The van der Waals surface area contributed by atoms with Crippen LogP contribution in [-0.4, -0.2) is 0 Å². The Kier molecular flexibility index (Phi) is 3.88. The minimum atomic E-state index is 0.789. The number of rotatable bonds is 2. The van der Waals surface area contributed by atoms with Crippen molar-refractivity contribution in [2.45, 2.75) is 65.2 Å². The fourth-order valence-corrected chi connectivity index (χ4v) is 3.43. The molecular formula is C15H26. The summed E-state index contributed by atoms with van der Waals surface area (Å²) in [5, 5.41) is 0. The molecule has 0 saturated heterocycles. The van der Waals surface area contributed by atoms with Crippen LogP contribution in [0.5, 0.6) is 0 Å². The summed E-state index contributed by atoms with van der Waals surface area (Å²) < 4.78 is 0. The van der Waals surface area contributed by atoms with Gasteiger partial charge in [0.1, 0.15) is 0 Å². The second-order valence-corrected chi connectivity index (χ2v) is 5.87. The summed E-state index contributed by atoms with van der Waals surface area (Å²) in [6.07, 6.45) is 14.4. The maximum absolute atomic E-state index is 2.56. The lowest BCUT2D eigenvalue weighted by atomic mass is 9.73. The third kappa shape index (κ3) is 2.86. The molecule has 0 aromatic rings. The normalized spacial score (nSPS) is 29.3. The molecule has 2 rings (SSSR count). The van der Waals surface area contributed by atoms with E-state index >= 15 is 0 Å². The average molecular weight is 206 g/mol. The molecule has 0 heterocycles. The predicted octanol–water partition coefficient (Wildman–Crippen LogP) is 4.95. The van der Waals surface area contributed by atoms with E-state index in [0.717, 1.165) is 17.8 Å². The topological polar surface area (TPSA) is 0 Å². The smallest absolute Gasteiger partial charge is 0.0260 e. The Morgan fingerprint density at radius 2 is 1.73 bits per heavy atom. The van der Waals surface area contributed by atoms with Gasteiger partial charge in [0.05, 0.1) is 0 Å². The van der Waals surface area contributed by atoms with Crippen LogP contribution in [0.3, 0.4) is 0 Å². The molecule has 1 atom stereocenters. The molecule has 86 valence electrons. The van der Waals surface area contributed by atoms with Gasteiger partial charge in [-0.15, -0.1) is 0 Å². The van der Waals surface area contributed by atoms with Gasteiger partial charge in [-0.25, -0.2) is 0 Å². The second-order valence-electron chi connectivity index (χ2n) is 5.87. The van der Waals surface area contributed by atoms with Crippen LogP contribution < -0.4 is 0 Å². The van der Waals surface area contributed by atoms with Gasteiger partial charge in [0.2, 0.25) is 0 Å². The van der Waals surface area contributed by atoms with Gasteiger partial charge >= 0.3 is 0 Å². The molecule has 0 amide bonds. The molecule has 15 heavy (non-hydrogen) atoms. The summed E-state index contributed by atoms with van der Waals surface area (Å²) in [5.41, 5.74) is 1.72. The number of hydrogen-bond donors (Lipinski definition) is 0. The zero-order chi connectivity index (χ0) is 10.7. The van der Waals surface area contributed by atoms with Gasteiger partial charge in [-0.3, -0.25) is 0 Å². The summed E-state index contributed by atoms with van der Waals surface area (Å²) in [4.78, 5) is 0. The van der Waals surface area contributed by atoms with Gasteiger partial charge in [-0.1, -0.05) is 57.6 Å². The highest BCUT2D eigenvalue weighted by molar-refractivity contribution is 5.09. The van der Waals surface area contributed by atoms with E-state index in [1.807, 2.05) is 0 Å². The lowest BCUT2D eigenvalue weighted by Crippen LogP contribution is -2.20. The fraction of sp³-hybridized carbons (Fsp3) is 0.867. The van der Waals surface area contributed by atoms with E-state index in [4.69, 9.17) is 0 Å². The van der Waals surface area contributed by atoms with Crippen LogP contribution in [0.25, 0.3) is 0 Å². The third-order valence-corrected chi connectivity index (χ3v) is 4.54. The van der Waals surface area contributed by atoms with Gasteiger partial charge in [0.25, 0.3) is 0 Å². The van der Waals surface area contributed by atoms with Crippen molar-refractivity contribution in [2.75, 3.05) is 0 Å². The Labute approximate surface area is 95.1 Å². The van der Waals surface area contributed by atoms with Crippen molar-refractivity contribution in [2.24, 2.45) is 17.8 Å². The fourth-order valence-electron chi connectivity index (χ4n) is 3.43. The van der Waals surface area contributed by atoms with Crippen LogP contribution in [-0.2, 0) is 0 Å². The Morgan fingerprint density at radius 1 is 1.00 bits per heavy atom. The largest absolute Gasteiger partial charge is 0.0848 e. The van der Waals surface area contributed by atoms with Gasteiger partial charge in [0, 0.05) is 0 Å². The molecule has 0 bridgehead atoms. The van der Waals surface area contributed by atoms with E-state index in [0.29, 0.717) is 0 Å². The summed E-state index contributed by atoms with van der Waals surface area (Å²) in [5.74, 6) is 2.90. The molecule has 0 N–H and O–H groups in total. The Morgan fingerprint density at radius 3 is 2.27 bits per heavy atom. The van der Waals surface area contributed by atoms with Gasteiger partial charge < -0.3 is 0 Å². The minimum Gasteiger partial charge on any atom is -0.0848 e. The second kappa shape index (κ2) is 5.18. The van der Waals surface area contributed by atoms with E-state index in [1.54, 1.807) is 5.57 Å². The molecule has 0 radical (unpaired) electrons. The molecule has 2 aliphatic carbocycles. The van der Waals surface area contributed by atoms with E-state index in [1.165, 1.54) is 51.4 Å². The van der Waals surface area contributed by atoms with Crippen molar-refractivity contribution in [3.8, 4) is 0 Å². The molecular weight excluding hydrogens is 180 g/mol. The van der Waals surface area contributed by atoms with Crippen molar-refractivity contribution in [1.82, 2.24) is 0 Å². The highest BCUT2D eigenvalue weighted by atomic mass is 14.3. The lowest BCUT2D eigenvalue weighted by Gasteiger charge is -2.33. The first-order valence-electron chi connectivity index (χ1n) is 6.96. The Bertz CT molecular complexity index is 218. The van der Waals surface area contributed by atoms with Crippen molar-refractivity contribution in [3.63, 3.8) is 0 Å². The van der Waals surface area contributed by atoms with E-state index in [2.05, 4.69) is 19.9 Å². The van der Waals surface area contributed by atoms with Crippen molar-refractivity contribution in [3.05, 3.63) is 11.6 Å². The molecule has 0 aromatic heterocycles. The van der Waals surface area contributed by atoms with Gasteiger partial charge in [-0.05, 0) is 37.0 Å². The highest BCUT2D eigenvalue weighted by Crippen LogP contribution is 2.38. The van der Waals surface area contributed by atoms with Crippen molar-refractivity contribution in [1.29, 1.82) is 0 Å². The van der Waals surface area contributed by atoms with Crippen LogP contribution in [0.15, 0.2) is 11.6 Å². The summed E-state index contributed by atoms with van der Waals surface area (Å²) in [6, 6.07) is 0. The minimum absolute atomic E-state index is 0.789. The maximum Gasteiger partial charge on any atom is -0.0260 e. The number of hydrogen-bond acceptors (Lipinski definition) is 0. The van der Waals surface area contributed by atoms with Crippen LogP contribution in [0.2, 0.25) is 0 Å². The molecule has 0 aliphatic heterocycles. The zero-order valence-electron chi connectivity index (χ0n) is 10.5. The molecule has 1 unspecified atom stereocenters. The predicted molar refractivity (Wildman–Crippen MR) is 66.8 cm³/mol. The standard InChI is InChI=1S/C15H26/c1-12(2)13-8-10-15(11-9-13)14-6-4-3-5-7-14/h8,12,14-15H,3-7,9-11H2,1-2H3. The molecule has 0 heteroatoms. The number of allylic oxidation sites excluding steroid dienone is 2. The summed E-state index contributed by atoms with van der Waals surface area (Å²) in [7, 11) is 0. The van der Waals surface area contributed by atoms with Crippen molar-refractivity contribution >= 4 is 0 Å². The molecule has 2 aliphatic rings. The molecule has 0 nitrogen and oxygen atoms in total. The Balaban J connectivity index is 1.86. The first kappa shape index (κ1) is 11.2. The first-order valence-corrected chi connectivity index (χ1v) is 6.96. The van der Waals surface area contributed by atoms with Gasteiger partial charge in [-0.2, -0.15) is 0 Å². The monoisotopic (exact) mass is 206 g/mol. The quantitative estimate of drug-likeness (QED) is 0.561. The molecule has 0 spiro atoms. The maximum atomic E-state index is 2.56.